The van der Waals surface area contributed by atoms with E-state index in [1.54, 1.807) is 0 Å². The average Bonchev–Trinajstić information content (AvgIpc) is 3.16. The number of carboxylic acids is 1. The van der Waals surface area contributed by atoms with E-state index in [0.29, 0.717) is 13.1 Å². The van der Waals surface area contributed by atoms with E-state index in [1.807, 2.05) is 28.8 Å². The van der Waals surface area contributed by atoms with Crippen molar-refractivity contribution < 1.29 is 36.6 Å². The number of carboxylic acid groups (broad SMARTS) is 1. The van der Waals surface area contributed by atoms with Gasteiger partial charge in [0.25, 0.3) is 5.91 Å². The molecule has 0 atom stereocenters. The Labute approximate surface area is 201 Å². The number of carbonyl (C=O) groups excluding carboxylic acids is 1. The molecule has 13 heteroatoms. The minimum Gasteiger partial charge on any atom is -0.475 e. The van der Waals surface area contributed by atoms with E-state index in [4.69, 9.17) is 9.90 Å². The van der Waals surface area contributed by atoms with Crippen molar-refractivity contribution in [3.05, 3.63) is 70.1 Å². The Balaban J connectivity index is 0.000000454. The third kappa shape index (κ3) is 6.68. The summed E-state index contributed by atoms with van der Waals surface area (Å²) in [5, 5.41) is 9.86. The quantitative estimate of drug-likeness (QED) is 0.453. The number of carbonyl (C=O) groups is 2. The maximum Gasteiger partial charge on any atom is 0.490 e. The van der Waals surface area contributed by atoms with Gasteiger partial charge in [-0.15, -0.1) is 0 Å². The number of aromatic amines is 1. The van der Waals surface area contributed by atoms with Gasteiger partial charge in [0, 0.05) is 37.8 Å². The fourth-order valence-corrected chi connectivity index (χ4v) is 3.90. The Hall–Kier alpha value is -3.74. The molecule has 1 amide bonds. The Bertz CT molecular complexity index is 1280. The number of amides is 1. The Morgan fingerprint density at radius 3 is 2.31 bits per heavy atom. The highest BCUT2D eigenvalue weighted by molar-refractivity contribution is 5.94. The predicted octanol–water partition coefficient (Wildman–Crippen LogP) is 3.31. The molecule has 1 aromatic heterocycles. The molecule has 1 fully saturated rings. The first-order valence-corrected chi connectivity index (χ1v) is 10.9. The van der Waals surface area contributed by atoms with Crippen molar-refractivity contribution in [2.75, 3.05) is 26.2 Å². The van der Waals surface area contributed by atoms with Gasteiger partial charge in [0.1, 0.15) is 0 Å². The maximum absolute atomic E-state index is 13.2. The summed E-state index contributed by atoms with van der Waals surface area (Å²) in [6.45, 7) is 2.70. The van der Waals surface area contributed by atoms with Crippen LogP contribution in [0.2, 0.25) is 0 Å². The number of hydrogen-bond acceptors (Lipinski definition) is 4. The Morgan fingerprint density at radius 1 is 1.06 bits per heavy atom. The number of aromatic nitrogens is 2. The molecule has 0 spiro atoms. The van der Waals surface area contributed by atoms with Crippen LogP contribution in [0.5, 0.6) is 0 Å². The molecule has 3 aromatic rings. The monoisotopic (exact) mass is 514 g/mol. The molecular weight excluding hydrogens is 491 g/mol. The molecule has 1 aliphatic heterocycles. The fraction of sp³-hybridized carbons (Fsp3) is 0.348. The second kappa shape index (κ2) is 11.3. The lowest BCUT2D eigenvalue weighted by atomic mass is 10.0. The Kier molecular flexibility index (Phi) is 8.45. The van der Waals surface area contributed by atoms with E-state index in [1.165, 1.54) is 6.07 Å². The van der Waals surface area contributed by atoms with Gasteiger partial charge in [0.15, 0.2) is 11.6 Å². The number of nitrogens with one attached hydrogen (secondary N) is 2. The number of fused-ring (bicyclic) bond motifs is 1. The van der Waals surface area contributed by atoms with Crippen molar-refractivity contribution in [1.82, 2.24) is 19.8 Å². The van der Waals surface area contributed by atoms with E-state index in [-0.39, 0.29) is 17.3 Å². The summed E-state index contributed by atoms with van der Waals surface area (Å²) in [7, 11) is 0. The zero-order chi connectivity index (χ0) is 26.5. The largest absolute Gasteiger partial charge is 0.490 e. The zero-order valence-corrected chi connectivity index (χ0v) is 18.8. The molecule has 0 saturated carbocycles. The van der Waals surface area contributed by atoms with E-state index in [9.17, 15) is 31.5 Å². The van der Waals surface area contributed by atoms with E-state index >= 15 is 0 Å². The second-order valence-electron chi connectivity index (χ2n) is 8.08. The third-order valence-corrected chi connectivity index (χ3v) is 5.68. The molecule has 2 aromatic carbocycles. The first kappa shape index (κ1) is 26.9. The fourth-order valence-electron chi connectivity index (χ4n) is 3.90. The van der Waals surface area contributed by atoms with Crippen LogP contribution in [-0.4, -0.2) is 63.8 Å². The van der Waals surface area contributed by atoms with E-state index in [2.05, 4.69) is 15.2 Å². The van der Waals surface area contributed by atoms with Crippen LogP contribution in [0.3, 0.4) is 0 Å². The van der Waals surface area contributed by atoms with Crippen molar-refractivity contribution in [2.45, 2.75) is 25.1 Å². The number of alkyl halides is 3. The lowest BCUT2D eigenvalue weighted by Crippen LogP contribution is -2.41. The van der Waals surface area contributed by atoms with Gasteiger partial charge in [-0.05, 0) is 43.2 Å². The number of imidazole rings is 1. The number of rotatable bonds is 5. The first-order valence-electron chi connectivity index (χ1n) is 10.9. The van der Waals surface area contributed by atoms with E-state index in [0.717, 1.165) is 49.1 Å². The number of halogens is 5. The lowest BCUT2D eigenvalue weighted by Gasteiger charge is -2.32. The molecular formula is C23H23F5N4O4. The van der Waals surface area contributed by atoms with Gasteiger partial charge < -0.3 is 20.3 Å². The Morgan fingerprint density at radius 2 is 1.69 bits per heavy atom. The molecule has 3 N–H and O–H groups in total. The molecule has 0 unspecified atom stereocenters. The summed E-state index contributed by atoms with van der Waals surface area (Å²) in [6.07, 6.45) is -3.39. The van der Waals surface area contributed by atoms with Crippen molar-refractivity contribution in [2.24, 2.45) is 0 Å². The molecule has 0 aliphatic carbocycles. The number of nitrogens with zero attached hydrogens (tertiary/aromatic N) is 2. The highest BCUT2D eigenvalue weighted by atomic mass is 19.4. The highest BCUT2D eigenvalue weighted by Gasteiger charge is 2.38. The summed E-state index contributed by atoms with van der Waals surface area (Å²) >= 11 is 0. The van der Waals surface area contributed by atoms with Crippen molar-refractivity contribution >= 4 is 22.9 Å². The summed E-state index contributed by atoms with van der Waals surface area (Å²) in [6, 6.07) is 10.9. The number of piperidine rings is 1. The van der Waals surface area contributed by atoms with Crippen LogP contribution in [0, 0.1) is 11.6 Å². The standard InChI is InChI=1S/C21H22F2N4O2.C2HF3O2/c22-16-6-5-14(13-17(16)23)20(28)24-9-12-26-10-7-15(8-11-26)27-19-4-2-1-3-18(19)25-21(27)29;3-2(4,5)1(6)7/h1-6,13,15H,7-12H2,(H,24,28)(H,25,29);(H,6,7). The van der Waals surface area contributed by atoms with Gasteiger partial charge in [-0.1, -0.05) is 12.1 Å². The number of likely N-dealkylation sites (tertiary alicyclic amines) is 1. The smallest absolute Gasteiger partial charge is 0.475 e. The molecule has 2 heterocycles. The molecule has 0 bridgehead atoms. The van der Waals surface area contributed by atoms with Crippen LogP contribution < -0.4 is 11.0 Å². The average molecular weight is 514 g/mol. The van der Waals surface area contributed by atoms with Crippen LogP contribution in [-0.2, 0) is 4.79 Å². The number of H-pyrrole nitrogens is 1. The lowest BCUT2D eigenvalue weighted by molar-refractivity contribution is -0.192. The minimum absolute atomic E-state index is 0.0801. The third-order valence-electron chi connectivity index (χ3n) is 5.68. The van der Waals surface area contributed by atoms with Crippen LogP contribution in [0.25, 0.3) is 11.0 Å². The summed E-state index contributed by atoms with van der Waals surface area (Å²) < 4.78 is 59.8. The summed E-state index contributed by atoms with van der Waals surface area (Å²) in [5.41, 5.74) is 1.79. The molecule has 1 aliphatic rings. The summed E-state index contributed by atoms with van der Waals surface area (Å²) in [5.74, 6) is -5.19. The zero-order valence-electron chi connectivity index (χ0n) is 18.8. The van der Waals surface area contributed by atoms with E-state index < -0.39 is 29.7 Å². The SMILES string of the molecule is O=C(NCCN1CCC(n2c(=O)[nH]c3ccccc32)CC1)c1ccc(F)c(F)c1.O=C(O)C(F)(F)F. The molecule has 8 nitrogen and oxygen atoms in total. The van der Waals surface area contributed by atoms with Crippen LogP contribution in [0.4, 0.5) is 22.0 Å². The van der Waals surface area contributed by atoms with Crippen LogP contribution in [0.15, 0.2) is 47.3 Å². The van der Waals surface area contributed by atoms with Crippen molar-refractivity contribution in [3.8, 4) is 0 Å². The summed E-state index contributed by atoms with van der Waals surface area (Å²) in [4.78, 5) is 38.4. The molecule has 36 heavy (non-hydrogen) atoms. The first-order chi connectivity index (χ1) is 17.0. The van der Waals surface area contributed by atoms with Gasteiger partial charge >= 0.3 is 17.8 Å². The topological polar surface area (TPSA) is 107 Å². The predicted molar refractivity (Wildman–Crippen MR) is 120 cm³/mol. The van der Waals surface area contributed by atoms with Gasteiger partial charge in [-0.2, -0.15) is 13.2 Å². The molecule has 1 saturated heterocycles. The molecule has 4 rings (SSSR count). The van der Waals surface area contributed by atoms with Crippen molar-refractivity contribution in [3.63, 3.8) is 0 Å². The van der Waals surface area contributed by atoms with Gasteiger partial charge in [-0.3, -0.25) is 9.36 Å². The van der Waals surface area contributed by atoms with Crippen LogP contribution >= 0.6 is 0 Å². The van der Waals surface area contributed by atoms with Crippen molar-refractivity contribution in [1.29, 1.82) is 0 Å². The normalized spacial score (nSPS) is 14.8. The van der Waals surface area contributed by atoms with Crippen LogP contribution in [0.1, 0.15) is 29.2 Å². The highest BCUT2D eigenvalue weighted by Crippen LogP contribution is 2.24. The molecule has 0 radical (unpaired) electrons. The molecule has 194 valence electrons. The number of aliphatic carboxylic acids is 1. The minimum atomic E-state index is -5.08. The van der Waals surface area contributed by atoms with Gasteiger partial charge in [-0.25, -0.2) is 18.4 Å². The van der Waals surface area contributed by atoms with Gasteiger partial charge in [0.2, 0.25) is 0 Å². The number of para-hydroxylation sites is 2. The maximum atomic E-state index is 13.2. The second-order valence-corrected chi connectivity index (χ2v) is 8.08. The van der Waals surface area contributed by atoms with Gasteiger partial charge in [0.05, 0.1) is 11.0 Å². The number of hydrogen-bond donors (Lipinski definition) is 3. The number of benzene rings is 2.